The van der Waals surface area contributed by atoms with E-state index in [-0.39, 0.29) is 36.3 Å². The zero-order valence-corrected chi connectivity index (χ0v) is 21.7. The first kappa shape index (κ1) is 28.0. The molecular formula is C26H24F4N4O4S. The maximum atomic E-state index is 13.9. The molecule has 39 heavy (non-hydrogen) atoms. The number of nitrogens with one attached hydrogen (secondary N) is 2. The zero-order chi connectivity index (χ0) is 28.5. The van der Waals surface area contributed by atoms with E-state index in [4.69, 9.17) is 17.0 Å². The fourth-order valence-electron chi connectivity index (χ4n) is 4.46. The molecule has 2 aromatic carbocycles. The van der Waals surface area contributed by atoms with Gasteiger partial charge in [-0.15, -0.1) is 0 Å². The molecular weight excluding hydrogens is 540 g/mol. The number of aromatic nitrogens is 2. The van der Waals surface area contributed by atoms with E-state index in [0.29, 0.717) is 44.3 Å². The molecule has 0 saturated heterocycles. The predicted octanol–water partition coefficient (Wildman–Crippen LogP) is 3.31. The number of halogens is 4. The Labute approximate surface area is 225 Å². The second kappa shape index (κ2) is 11.0. The fraction of sp³-hybridized carbons (Fsp3) is 0.308. The minimum Gasteiger partial charge on any atom is -0.460 e. The highest BCUT2D eigenvalue weighted by molar-refractivity contribution is 7.80. The molecule has 0 amide bonds. The van der Waals surface area contributed by atoms with Crippen molar-refractivity contribution in [2.24, 2.45) is 7.05 Å². The Morgan fingerprint density at radius 2 is 1.92 bits per heavy atom. The number of hydrogen-bond acceptors (Lipinski definition) is 5. The Morgan fingerprint density at radius 3 is 2.64 bits per heavy atom. The third kappa shape index (κ3) is 5.87. The van der Waals surface area contributed by atoms with E-state index in [1.54, 1.807) is 13.0 Å². The normalized spacial score (nSPS) is 14.6. The third-order valence-corrected chi connectivity index (χ3v) is 6.71. The lowest BCUT2D eigenvalue weighted by molar-refractivity contribution is -0.144. The van der Waals surface area contributed by atoms with Crippen molar-refractivity contribution in [2.45, 2.75) is 32.0 Å². The van der Waals surface area contributed by atoms with Gasteiger partial charge in [0.2, 0.25) is 0 Å². The molecule has 0 saturated carbocycles. The van der Waals surface area contributed by atoms with Crippen molar-refractivity contribution in [3.05, 3.63) is 97.1 Å². The lowest BCUT2D eigenvalue weighted by Crippen LogP contribution is -2.40. The standard InChI is InChI=1S/C26H24F4N4O4S/c1-14-6-7-15(34-22(35)13-21(26(28,29)30)33(2)25(34)37)12-18(14)23(36)38-11-10-31-24(39)32-20-9-8-16-17(20)4-3-5-19(16)27/h3-7,12-13,20H,8-11H2,1-2H3,(H2,31,32,39). The molecule has 13 heteroatoms. The summed E-state index contributed by atoms with van der Waals surface area (Å²) >= 11 is 5.29. The number of ether oxygens (including phenoxy) is 1. The summed E-state index contributed by atoms with van der Waals surface area (Å²) in [4.78, 5) is 37.7. The molecule has 0 aliphatic heterocycles. The number of rotatable bonds is 6. The van der Waals surface area contributed by atoms with Crippen molar-refractivity contribution in [1.29, 1.82) is 0 Å². The largest absolute Gasteiger partial charge is 0.460 e. The number of carbonyl (C=O) groups excluding carboxylic acids is 1. The van der Waals surface area contributed by atoms with Crippen LogP contribution in [-0.2, 0) is 24.4 Å². The van der Waals surface area contributed by atoms with Gasteiger partial charge in [0.05, 0.1) is 23.8 Å². The van der Waals surface area contributed by atoms with Gasteiger partial charge >= 0.3 is 17.8 Å². The maximum Gasteiger partial charge on any atom is 0.431 e. The molecule has 4 rings (SSSR count). The van der Waals surface area contributed by atoms with Gasteiger partial charge in [0.25, 0.3) is 5.56 Å². The lowest BCUT2D eigenvalue weighted by atomic mass is 10.1. The van der Waals surface area contributed by atoms with E-state index in [1.807, 2.05) is 6.07 Å². The number of thiocarbonyl (C=S) groups is 1. The number of alkyl halides is 3. The molecule has 2 N–H and O–H groups in total. The van der Waals surface area contributed by atoms with Crippen molar-refractivity contribution in [2.75, 3.05) is 13.2 Å². The van der Waals surface area contributed by atoms with Crippen molar-refractivity contribution >= 4 is 23.3 Å². The van der Waals surface area contributed by atoms with Crippen LogP contribution in [-0.4, -0.2) is 33.4 Å². The quantitative estimate of drug-likeness (QED) is 0.205. The van der Waals surface area contributed by atoms with Crippen molar-refractivity contribution in [3.63, 3.8) is 0 Å². The van der Waals surface area contributed by atoms with Gasteiger partial charge in [0, 0.05) is 13.1 Å². The molecule has 3 aromatic rings. The van der Waals surface area contributed by atoms with Crippen LogP contribution < -0.4 is 21.9 Å². The van der Waals surface area contributed by atoms with Gasteiger partial charge in [0.15, 0.2) is 5.11 Å². The summed E-state index contributed by atoms with van der Waals surface area (Å²) in [6, 6.07) is 9.11. The van der Waals surface area contributed by atoms with E-state index in [2.05, 4.69) is 10.6 Å². The highest BCUT2D eigenvalue weighted by atomic mass is 32.1. The second-order valence-electron chi connectivity index (χ2n) is 8.98. The zero-order valence-electron chi connectivity index (χ0n) is 20.9. The predicted molar refractivity (Wildman–Crippen MR) is 138 cm³/mol. The second-order valence-corrected chi connectivity index (χ2v) is 9.39. The molecule has 206 valence electrons. The molecule has 1 unspecified atom stereocenters. The van der Waals surface area contributed by atoms with Gasteiger partial charge in [-0.1, -0.05) is 18.2 Å². The molecule has 0 spiro atoms. The first-order valence-corrected chi connectivity index (χ1v) is 12.3. The Morgan fingerprint density at radius 1 is 1.18 bits per heavy atom. The van der Waals surface area contributed by atoms with E-state index in [1.165, 1.54) is 24.3 Å². The lowest BCUT2D eigenvalue weighted by Gasteiger charge is -2.17. The van der Waals surface area contributed by atoms with Crippen molar-refractivity contribution < 1.29 is 27.1 Å². The SMILES string of the molecule is Cc1ccc(-n2c(=O)cc(C(F)(F)F)n(C)c2=O)cc1C(=O)OCCNC(=S)NC1CCc2c(F)cccc21. The average Bonchev–Trinajstić information content (AvgIpc) is 3.28. The van der Waals surface area contributed by atoms with Crippen LogP contribution in [0.3, 0.4) is 0 Å². The molecule has 0 bridgehead atoms. The number of nitrogens with zero attached hydrogens (tertiary/aromatic N) is 2. The minimum atomic E-state index is -4.89. The van der Waals surface area contributed by atoms with Crippen molar-refractivity contribution in [3.8, 4) is 5.69 Å². The minimum absolute atomic E-state index is 0.0339. The molecule has 1 aliphatic rings. The highest BCUT2D eigenvalue weighted by Gasteiger charge is 2.35. The summed E-state index contributed by atoms with van der Waals surface area (Å²) in [5.74, 6) is -1.00. The van der Waals surface area contributed by atoms with Gasteiger partial charge in [-0.25, -0.2) is 18.5 Å². The van der Waals surface area contributed by atoms with E-state index in [0.717, 1.165) is 12.6 Å². The Bertz CT molecular complexity index is 1560. The van der Waals surface area contributed by atoms with Gasteiger partial charge in [-0.3, -0.25) is 9.36 Å². The summed E-state index contributed by atoms with van der Waals surface area (Å²) in [6.07, 6.45) is -3.60. The molecule has 0 radical (unpaired) electrons. The average molecular weight is 565 g/mol. The van der Waals surface area contributed by atoms with Gasteiger partial charge < -0.3 is 15.4 Å². The van der Waals surface area contributed by atoms with Crippen LogP contribution in [0.2, 0.25) is 0 Å². The van der Waals surface area contributed by atoms with Gasteiger partial charge in [-0.05, 0) is 66.9 Å². The first-order chi connectivity index (χ1) is 18.4. The van der Waals surface area contributed by atoms with Crippen LogP contribution in [0.4, 0.5) is 17.6 Å². The summed E-state index contributed by atoms with van der Waals surface area (Å²) in [6.45, 7) is 1.69. The number of benzene rings is 2. The van der Waals surface area contributed by atoms with E-state index in [9.17, 15) is 31.9 Å². The molecule has 0 fully saturated rings. The van der Waals surface area contributed by atoms with E-state index >= 15 is 0 Å². The van der Waals surface area contributed by atoms with Crippen LogP contribution in [0, 0.1) is 12.7 Å². The van der Waals surface area contributed by atoms with E-state index < -0.39 is 29.1 Å². The van der Waals surface area contributed by atoms with Crippen LogP contribution >= 0.6 is 12.2 Å². The Hall–Kier alpha value is -4.00. The Kier molecular flexibility index (Phi) is 7.91. The van der Waals surface area contributed by atoms with Crippen molar-refractivity contribution in [1.82, 2.24) is 19.8 Å². The molecule has 1 aromatic heterocycles. The number of carbonyl (C=O) groups is 1. The summed E-state index contributed by atoms with van der Waals surface area (Å²) < 4.78 is 59.5. The summed E-state index contributed by atoms with van der Waals surface area (Å²) in [5.41, 5.74) is -1.84. The summed E-state index contributed by atoms with van der Waals surface area (Å²) in [7, 11) is 0.903. The van der Waals surface area contributed by atoms with Crippen LogP contribution in [0.15, 0.2) is 52.1 Å². The first-order valence-electron chi connectivity index (χ1n) is 11.9. The van der Waals surface area contributed by atoms with Gasteiger partial charge in [-0.2, -0.15) is 13.2 Å². The molecule has 8 nitrogen and oxygen atoms in total. The van der Waals surface area contributed by atoms with Crippen LogP contribution in [0.25, 0.3) is 5.69 Å². The fourth-order valence-corrected chi connectivity index (χ4v) is 4.70. The van der Waals surface area contributed by atoms with Crippen LogP contribution in [0.1, 0.15) is 45.2 Å². The number of hydrogen-bond donors (Lipinski definition) is 2. The number of aryl methyl sites for hydroxylation is 1. The van der Waals surface area contributed by atoms with Gasteiger partial charge in [0.1, 0.15) is 18.1 Å². The number of fused-ring (bicyclic) bond motifs is 1. The summed E-state index contributed by atoms with van der Waals surface area (Å²) in [5, 5.41) is 6.35. The topological polar surface area (TPSA) is 94.4 Å². The molecule has 1 heterocycles. The molecule has 1 aliphatic carbocycles. The number of esters is 1. The highest BCUT2D eigenvalue weighted by Crippen LogP contribution is 2.32. The molecule has 1 atom stereocenters. The monoisotopic (exact) mass is 564 g/mol. The maximum absolute atomic E-state index is 13.9. The third-order valence-electron chi connectivity index (χ3n) is 6.45. The van der Waals surface area contributed by atoms with Crippen LogP contribution in [0.5, 0.6) is 0 Å². The smallest absolute Gasteiger partial charge is 0.431 e. The Balaban J connectivity index is 1.39.